The molecule has 0 spiro atoms. The van der Waals surface area contributed by atoms with Crippen molar-refractivity contribution in [3.8, 4) is 0 Å². The van der Waals surface area contributed by atoms with E-state index in [1.165, 1.54) is 38.4 Å². The summed E-state index contributed by atoms with van der Waals surface area (Å²) in [4.78, 5) is 17.7. The number of hydrogen-bond donors (Lipinski definition) is 2. The Bertz CT molecular complexity index is 412. The average molecular weight is 256 g/mol. The molecule has 2 N–H and O–H groups in total. The van der Waals surface area contributed by atoms with E-state index in [1.54, 1.807) is 0 Å². The largest absolute Gasteiger partial charge is 0.369 e. The normalized spacial score (nSPS) is 17.0. The summed E-state index contributed by atoms with van der Waals surface area (Å²) in [6.07, 6.45) is 9.26. The zero-order valence-electron chi connectivity index (χ0n) is 9.84. The quantitative estimate of drug-likeness (QED) is 0.870. The second-order valence-electron chi connectivity index (χ2n) is 4.61. The molecule has 0 bridgehead atoms. The number of hydrogen-bond acceptors (Lipinski definition) is 3. The van der Waals surface area contributed by atoms with Crippen molar-refractivity contribution < 1.29 is 0 Å². The number of nitrogens with zero attached hydrogens (tertiary/aromatic N) is 1. The topological polar surface area (TPSA) is 57.8 Å². The van der Waals surface area contributed by atoms with Crippen molar-refractivity contribution in [3.05, 3.63) is 21.7 Å². The van der Waals surface area contributed by atoms with Crippen LogP contribution in [0.3, 0.4) is 0 Å². The van der Waals surface area contributed by atoms with Crippen LogP contribution in [0.15, 0.2) is 11.1 Å². The molecule has 1 aliphatic carbocycles. The number of nitrogens with one attached hydrogen (secondary N) is 2. The maximum absolute atomic E-state index is 11.2. The van der Waals surface area contributed by atoms with Crippen molar-refractivity contribution in [2.75, 3.05) is 11.9 Å². The van der Waals surface area contributed by atoms with Gasteiger partial charge in [-0.05, 0) is 12.3 Å². The SMILES string of the molecule is O=c1[nH]cnc(NCCC2CCCCC2)c1Cl. The summed E-state index contributed by atoms with van der Waals surface area (Å²) in [5.41, 5.74) is -0.290. The predicted octanol–water partition coefficient (Wildman–Crippen LogP) is 2.81. The molecule has 94 valence electrons. The number of anilines is 1. The first-order valence-corrected chi connectivity index (χ1v) is 6.62. The molecule has 1 aromatic heterocycles. The smallest absolute Gasteiger partial charge is 0.271 e. The summed E-state index contributed by atoms with van der Waals surface area (Å²) >= 11 is 5.85. The molecule has 0 aromatic carbocycles. The molecule has 0 amide bonds. The molecular weight excluding hydrogens is 238 g/mol. The van der Waals surface area contributed by atoms with Crippen LogP contribution >= 0.6 is 11.6 Å². The maximum Gasteiger partial charge on any atom is 0.271 e. The highest BCUT2D eigenvalue weighted by atomic mass is 35.5. The Kier molecular flexibility index (Phi) is 4.42. The van der Waals surface area contributed by atoms with Crippen LogP contribution in [0.25, 0.3) is 0 Å². The van der Waals surface area contributed by atoms with Crippen molar-refractivity contribution in [1.29, 1.82) is 0 Å². The molecular formula is C12H18ClN3O. The van der Waals surface area contributed by atoms with Gasteiger partial charge in [-0.2, -0.15) is 0 Å². The fourth-order valence-corrected chi connectivity index (χ4v) is 2.55. The van der Waals surface area contributed by atoms with E-state index in [2.05, 4.69) is 15.3 Å². The van der Waals surface area contributed by atoms with Crippen molar-refractivity contribution in [2.24, 2.45) is 5.92 Å². The molecule has 4 nitrogen and oxygen atoms in total. The summed E-state index contributed by atoms with van der Waals surface area (Å²) in [6.45, 7) is 0.834. The van der Waals surface area contributed by atoms with E-state index in [9.17, 15) is 4.79 Å². The number of rotatable bonds is 4. The van der Waals surface area contributed by atoms with Crippen LogP contribution in [-0.4, -0.2) is 16.5 Å². The van der Waals surface area contributed by atoms with Gasteiger partial charge in [0.05, 0.1) is 6.33 Å². The number of H-pyrrole nitrogens is 1. The molecule has 1 saturated carbocycles. The van der Waals surface area contributed by atoms with Gasteiger partial charge in [-0.15, -0.1) is 0 Å². The third-order valence-electron chi connectivity index (χ3n) is 3.37. The van der Waals surface area contributed by atoms with Gasteiger partial charge >= 0.3 is 0 Å². The van der Waals surface area contributed by atoms with Crippen LogP contribution < -0.4 is 10.9 Å². The Hall–Kier alpha value is -1.03. The van der Waals surface area contributed by atoms with Gasteiger partial charge in [-0.3, -0.25) is 4.79 Å². The highest BCUT2D eigenvalue weighted by molar-refractivity contribution is 6.32. The van der Waals surface area contributed by atoms with E-state index < -0.39 is 0 Å². The molecule has 0 aliphatic heterocycles. The van der Waals surface area contributed by atoms with Crippen LogP contribution in [0.5, 0.6) is 0 Å². The van der Waals surface area contributed by atoms with Gasteiger partial charge in [0.25, 0.3) is 5.56 Å². The van der Waals surface area contributed by atoms with Crippen molar-refractivity contribution >= 4 is 17.4 Å². The van der Waals surface area contributed by atoms with E-state index in [4.69, 9.17) is 11.6 Å². The lowest BCUT2D eigenvalue weighted by Gasteiger charge is -2.21. The minimum atomic E-state index is -0.290. The summed E-state index contributed by atoms with van der Waals surface area (Å²) in [7, 11) is 0. The zero-order chi connectivity index (χ0) is 12.1. The molecule has 2 rings (SSSR count). The van der Waals surface area contributed by atoms with Gasteiger partial charge in [0.15, 0.2) is 5.82 Å². The molecule has 1 heterocycles. The van der Waals surface area contributed by atoms with Crippen LogP contribution in [-0.2, 0) is 0 Å². The van der Waals surface area contributed by atoms with E-state index in [0.717, 1.165) is 18.9 Å². The van der Waals surface area contributed by atoms with E-state index in [0.29, 0.717) is 5.82 Å². The monoisotopic (exact) mass is 255 g/mol. The Morgan fingerprint density at radius 3 is 2.94 bits per heavy atom. The van der Waals surface area contributed by atoms with Crippen LogP contribution in [0.2, 0.25) is 5.02 Å². The predicted molar refractivity (Wildman–Crippen MR) is 69.5 cm³/mol. The number of aromatic amines is 1. The Labute approximate surface area is 106 Å². The minimum absolute atomic E-state index is 0.149. The van der Waals surface area contributed by atoms with E-state index >= 15 is 0 Å². The Morgan fingerprint density at radius 1 is 1.41 bits per heavy atom. The van der Waals surface area contributed by atoms with Crippen molar-refractivity contribution in [3.63, 3.8) is 0 Å². The molecule has 0 saturated heterocycles. The summed E-state index contributed by atoms with van der Waals surface area (Å²) in [5.74, 6) is 1.31. The first-order valence-electron chi connectivity index (χ1n) is 6.24. The van der Waals surface area contributed by atoms with Crippen molar-refractivity contribution in [2.45, 2.75) is 38.5 Å². The van der Waals surface area contributed by atoms with Gasteiger partial charge in [0.1, 0.15) is 5.02 Å². The maximum atomic E-state index is 11.2. The molecule has 5 heteroatoms. The number of aromatic nitrogens is 2. The lowest BCUT2D eigenvalue weighted by molar-refractivity contribution is 0.345. The molecule has 1 aliphatic rings. The molecule has 1 fully saturated rings. The van der Waals surface area contributed by atoms with Crippen LogP contribution in [0.1, 0.15) is 38.5 Å². The van der Waals surface area contributed by atoms with E-state index in [1.807, 2.05) is 0 Å². The summed E-state index contributed by atoms with van der Waals surface area (Å²) < 4.78 is 0. The minimum Gasteiger partial charge on any atom is -0.369 e. The fourth-order valence-electron chi connectivity index (χ4n) is 2.38. The standard InChI is InChI=1S/C12H18ClN3O/c13-10-11(15-8-16-12(10)17)14-7-6-9-4-2-1-3-5-9/h8-9H,1-7H2,(H2,14,15,16,17). The van der Waals surface area contributed by atoms with Gasteiger partial charge in [-0.1, -0.05) is 43.7 Å². The third-order valence-corrected chi connectivity index (χ3v) is 3.72. The highest BCUT2D eigenvalue weighted by Crippen LogP contribution is 2.26. The molecule has 17 heavy (non-hydrogen) atoms. The zero-order valence-corrected chi connectivity index (χ0v) is 10.6. The first-order chi connectivity index (χ1) is 8.27. The fraction of sp³-hybridized carbons (Fsp3) is 0.667. The first kappa shape index (κ1) is 12.4. The second kappa shape index (κ2) is 6.05. The summed E-state index contributed by atoms with van der Waals surface area (Å²) in [5, 5.41) is 3.29. The molecule has 1 aromatic rings. The number of halogens is 1. The van der Waals surface area contributed by atoms with Crippen LogP contribution in [0.4, 0.5) is 5.82 Å². The van der Waals surface area contributed by atoms with Gasteiger partial charge in [-0.25, -0.2) is 4.98 Å². The van der Waals surface area contributed by atoms with Crippen LogP contribution in [0, 0.1) is 5.92 Å². The Balaban J connectivity index is 1.81. The van der Waals surface area contributed by atoms with Gasteiger partial charge in [0.2, 0.25) is 0 Å². The van der Waals surface area contributed by atoms with Gasteiger partial charge < -0.3 is 10.3 Å². The van der Waals surface area contributed by atoms with Gasteiger partial charge in [0, 0.05) is 6.54 Å². The molecule has 0 radical (unpaired) electrons. The average Bonchev–Trinajstić information content (AvgIpc) is 2.36. The lowest BCUT2D eigenvalue weighted by Crippen LogP contribution is -2.15. The Morgan fingerprint density at radius 2 is 2.18 bits per heavy atom. The molecule has 0 unspecified atom stereocenters. The molecule has 0 atom stereocenters. The summed E-state index contributed by atoms with van der Waals surface area (Å²) in [6, 6.07) is 0. The van der Waals surface area contributed by atoms with Crippen molar-refractivity contribution in [1.82, 2.24) is 9.97 Å². The van der Waals surface area contributed by atoms with E-state index in [-0.39, 0.29) is 10.6 Å². The third kappa shape index (κ3) is 3.46. The highest BCUT2D eigenvalue weighted by Gasteiger charge is 2.13. The lowest BCUT2D eigenvalue weighted by atomic mass is 9.87. The second-order valence-corrected chi connectivity index (χ2v) is 4.99.